The zero-order chi connectivity index (χ0) is 26.1. The van der Waals surface area contributed by atoms with Gasteiger partial charge in [-0.15, -0.1) is 0 Å². The van der Waals surface area contributed by atoms with Gasteiger partial charge in [0, 0.05) is 43.4 Å². The predicted octanol–water partition coefficient (Wildman–Crippen LogP) is -0.511. The summed E-state index contributed by atoms with van der Waals surface area (Å²) in [5, 5.41) is 44.6. The number of nitrogens with zero attached hydrogens (tertiary/aromatic N) is 2. The quantitative estimate of drug-likeness (QED) is 0.302. The molecule has 35 heavy (non-hydrogen) atoms. The number of hydrogen-bond acceptors (Lipinski definition) is 10. The number of phenolic OH excluding ortho intramolecular Hbond substituents is 1. The second-order valence-electron chi connectivity index (χ2n) is 9.82. The van der Waals surface area contributed by atoms with Crippen LogP contribution in [0, 0.1) is 11.8 Å². The number of amides is 1. The minimum absolute atomic E-state index is 0.0237. The molecule has 0 unspecified atom stereocenters. The summed E-state index contributed by atoms with van der Waals surface area (Å²) in [6.45, 7) is -0.0237. The van der Waals surface area contributed by atoms with E-state index in [1.165, 1.54) is 4.90 Å². The summed E-state index contributed by atoms with van der Waals surface area (Å²) in [5.41, 5.74) is 9.10. The summed E-state index contributed by atoms with van der Waals surface area (Å²) in [4.78, 5) is 42.2. The molecule has 4 atom stereocenters. The number of likely N-dealkylation sites (N-methyl/N-ethyl adjacent to an activating group) is 1. The molecule has 11 heteroatoms. The van der Waals surface area contributed by atoms with Crippen molar-refractivity contribution in [1.29, 1.82) is 0 Å². The van der Waals surface area contributed by atoms with E-state index in [0.717, 1.165) is 0 Å². The van der Waals surface area contributed by atoms with Crippen molar-refractivity contribution in [2.75, 3.05) is 33.1 Å². The Morgan fingerprint density at radius 3 is 2.31 bits per heavy atom. The summed E-state index contributed by atoms with van der Waals surface area (Å²) in [6, 6.07) is 0.599. The lowest BCUT2D eigenvalue weighted by Gasteiger charge is -2.50. The van der Waals surface area contributed by atoms with Crippen molar-refractivity contribution in [3.63, 3.8) is 0 Å². The largest absolute Gasteiger partial charge is 0.508 e. The fraction of sp³-hybridized carbons (Fsp3) is 0.458. The number of aliphatic hydroxyl groups is 3. The molecule has 1 amide bonds. The number of phenols is 1. The number of fused-ring (bicyclic) bond motifs is 3. The normalized spacial score (nSPS) is 28.1. The van der Waals surface area contributed by atoms with Crippen LogP contribution in [0.25, 0.3) is 5.76 Å². The number of carbonyl (C=O) groups excluding carboxylic acids is 3. The molecule has 8 N–H and O–H groups in total. The van der Waals surface area contributed by atoms with Gasteiger partial charge in [0.15, 0.2) is 11.4 Å². The van der Waals surface area contributed by atoms with E-state index in [1.807, 2.05) is 0 Å². The summed E-state index contributed by atoms with van der Waals surface area (Å²) < 4.78 is 0. The van der Waals surface area contributed by atoms with Gasteiger partial charge in [0.1, 0.15) is 22.8 Å². The summed E-state index contributed by atoms with van der Waals surface area (Å²) in [6.07, 6.45) is 0.262. The zero-order valence-electron chi connectivity index (χ0n) is 20.0. The van der Waals surface area contributed by atoms with Crippen molar-refractivity contribution in [3.8, 4) is 5.75 Å². The van der Waals surface area contributed by atoms with E-state index in [9.17, 15) is 34.8 Å². The molecule has 3 aliphatic carbocycles. The summed E-state index contributed by atoms with van der Waals surface area (Å²) in [5.74, 6) is -6.74. The molecule has 3 aliphatic rings. The van der Waals surface area contributed by atoms with Gasteiger partial charge in [-0.3, -0.25) is 19.3 Å². The van der Waals surface area contributed by atoms with Crippen molar-refractivity contribution in [3.05, 3.63) is 39.7 Å². The molecule has 0 aliphatic heterocycles. The number of Topliss-reactive ketones (excluding diaryl/α,β-unsaturated/α-hetero) is 2. The second kappa shape index (κ2) is 8.08. The minimum Gasteiger partial charge on any atom is -0.508 e. The Morgan fingerprint density at radius 2 is 1.80 bits per heavy atom. The summed E-state index contributed by atoms with van der Waals surface area (Å²) >= 11 is 0. The highest BCUT2D eigenvalue weighted by Gasteiger charge is 2.64. The number of aliphatic hydroxyl groups excluding tert-OH is 2. The van der Waals surface area contributed by atoms with Crippen LogP contribution in [0.5, 0.6) is 5.75 Å². The molecule has 0 bridgehead atoms. The molecule has 0 aromatic heterocycles. The maximum absolute atomic E-state index is 13.8. The second-order valence-corrected chi connectivity index (χ2v) is 9.82. The number of aromatic hydroxyl groups is 1. The highest BCUT2D eigenvalue weighted by Crippen LogP contribution is 2.54. The Bertz CT molecular complexity index is 1230. The number of carbonyl (C=O) groups is 3. The minimum atomic E-state index is -2.66. The number of nitrogens with two attached hydrogens (primary N) is 2. The van der Waals surface area contributed by atoms with Gasteiger partial charge in [-0.1, -0.05) is 0 Å². The van der Waals surface area contributed by atoms with Crippen LogP contribution >= 0.6 is 0 Å². The van der Waals surface area contributed by atoms with Crippen LogP contribution in [0.15, 0.2) is 23.0 Å². The Balaban J connectivity index is 2.01. The molecule has 0 spiro atoms. The lowest BCUT2D eigenvalue weighted by Crippen LogP contribution is -2.65. The third kappa shape index (κ3) is 3.19. The smallest absolute Gasteiger partial charge is 0.255 e. The number of rotatable bonds is 4. The first-order valence-electron chi connectivity index (χ1n) is 11.2. The number of benzene rings is 1. The Labute approximate surface area is 201 Å². The lowest BCUT2D eigenvalue weighted by atomic mass is 9.57. The van der Waals surface area contributed by atoms with E-state index in [2.05, 4.69) is 0 Å². The molecule has 11 nitrogen and oxygen atoms in total. The van der Waals surface area contributed by atoms with Crippen LogP contribution in [0.1, 0.15) is 23.1 Å². The van der Waals surface area contributed by atoms with E-state index in [4.69, 9.17) is 11.5 Å². The van der Waals surface area contributed by atoms with Crippen LogP contribution < -0.4 is 16.4 Å². The van der Waals surface area contributed by atoms with Gasteiger partial charge in [0.2, 0.25) is 5.78 Å². The van der Waals surface area contributed by atoms with Crippen LogP contribution in [-0.2, 0) is 27.3 Å². The van der Waals surface area contributed by atoms with Crippen LogP contribution in [-0.4, -0.2) is 82.6 Å². The fourth-order valence-corrected chi connectivity index (χ4v) is 5.90. The standard InChI is InChI=1S/C24H30N4O7/c1-27(2)13-7-10(8-25)18(29)15-11(13)5-9-6-12-17(28(3)4)20(31)16(23(26)34)22(33)24(12,35)21(32)14(9)19(15)30/h7,9,12,17,29-30,33,35H,5-6,8,25H2,1-4H3,(H2,26,34)/t9-,12-,17-,24-/m0/s1. The highest BCUT2D eigenvalue weighted by molar-refractivity contribution is 6.24. The highest BCUT2D eigenvalue weighted by atomic mass is 16.3. The first-order valence-corrected chi connectivity index (χ1v) is 11.2. The van der Waals surface area contributed by atoms with Crippen molar-refractivity contribution in [2.24, 2.45) is 23.3 Å². The number of primary amides is 1. The topological polar surface area (TPSA) is 191 Å². The van der Waals surface area contributed by atoms with E-state index in [-0.39, 0.29) is 36.3 Å². The number of hydrogen-bond donors (Lipinski definition) is 6. The molecule has 0 saturated heterocycles. The Kier molecular flexibility index (Phi) is 5.70. The monoisotopic (exact) mass is 486 g/mol. The first-order chi connectivity index (χ1) is 16.3. The van der Waals surface area contributed by atoms with E-state index in [1.54, 1.807) is 39.2 Å². The van der Waals surface area contributed by atoms with E-state index >= 15 is 0 Å². The molecule has 4 rings (SSSR count). The maximum atomic E-state index is 13.8. The van der Waals surface area contributed by atoms with Gasteiger partial charge >= 0.3 is 0 Å². The third-order valence-electron chi connectivity index (χ3n) is 7.48. The average Bonchev–Trinajstić information content (AvgIpc) is 2.75. The lowest BCUT2D eigenvalue weighted by molar-refractivity contribution is -0.153. The Hall–Kier alpha value is -3.41. The van der Waals surface area contributed by atoms with Gasteiger partial charge in [0.05, 0.1) is 11.6 Å². The maximum Gasteiger partial charge on any atom is 0.255 e. The average molecular weight is 487 g/mol. The van der Waals surface area contributed by atoms with E-state index < -0.39 is 58.0 Å². The molecule has 0 heterocycles. The van der Waals surface area contributed by atoms with Crippen LogP contribution in [0.4, 0.5) is 5.69 Å². The fourth-order valence-electron chi connectivity index (χ4n) is 5.90. The van der Waals surface area contributed by atoms with Crippen LogP contribution in [0.2, 0.25) is 0 Å². The van der Waals surface area contributed by atoms with Gasteiger partial charge in [-0.05, 0) is 44.5 Å². The molecule has 1 aromatic carbocycles. The van der Waals surface area contributed by atoms with E-state index in [0.29, 0.717) is 16.8 Å². The van der Waals surface area contributed by atoms with Crippen molar-refractivity contribution in [1.82, 2.24) is 4.90 Å². The summed E-state index contributed by atoms with van der Waals surface area (Å²) in [7, 11) is 6.71. The molecular formula is C24H30N4O7. The molecule has 1 saturated carbocycles. The predicted molar refractivity (Wildman–Crippen MR) is 126 cm³/mol. The van der Waals surface area contributed by atoms with Crippen molar-refractivity contribution >= 4 is 28.9 Å². The van der Waals surface area contributed by atoms with Crippen molar-refractivity contribution in [2.45, 2.75) is 31.0 Å². The van der Waals surface area contributed by atoms with Crippen LogP contribution in [0.3, 0.4) is 0 Å². The molecule has 0 radical (unpaired) electrons. The van der Waals surface area contributed by atoms with Gasteiger partial charge in [-0.25, -0.2) is 0 Å². The van der Waals surface area contributed by atoms with Gasteiger partial charge in [-0.2, -0.15) is 0 Å². The number of ketones is 2. The molecule has 1 aromatic rings. The van der Waals surface area contributed by atoms with Gasteiger partial charge < -0.3 is 36.8 Å². The molecular weight excluding hydrogens is 456 g/mol. The zero-order valence-corrected chi connectivity index (χ0v) is 20.0. The Morgan fingerprint density at radius 1 is 1.17 bits per heavy atom. The van der Waals surface area contributed by atoms with Crippen molar-refractivity contribution < 1.29 is 34.8 Å². The SMILES string of the molecule is CN(C)c1cc(CN)c(O)c2c1C[C@H]1C[C@H]3[C@H](N(C)C)C(=O)C(C(N)=O)=C(O)[C@@]3(O)C(=O)C1=C2O. The van der Waals surface area contributed by atoms with Gasteiger partial charge in [0.25, 0.3) is 5.91 Å². The number of anilines is 1. The third-order valence-corrected chi connectivity index (χ3v) is 7.48. The molecule has 1 fully saturated rings. The first kappa shape index (κ1) is 24.7. The molecule has 188 valence electrons.